The summed E-state index contributed by atoms with van der Waals surface area (Å²) in [7, 11) is 0. The van der Waals surface area contributed by atoms with Crippen LogP contribution >= 0.6 is 0 Å². The first kappa shape index (κ1) is 16.2. The van der Waals surface area contributed by atoms with Crippen LogP contribution in [0.5, 0.6) is 0 Å². The van der Waals surface area contributed by atoms with Gasteiger partial charge in [0.2, 0.25) is 0 Å². The number of aromatic amines is 1. The maximum Gasteiger partial charge on any atom is 0.407 e. The highest BCUT2D eigenvalue weighted by atomic mass is 16.6. The molecule has 1 rings (SSSR count). The van der Waals surface area contributed by atoms with Gasteiger partial charge in [-0.1, -0.05) is 0 Å². The number of rotatable bonds is 4. The Morgan fingerprint density at radius 1 is 1.45 bits per heavy atom. The molecule has 4 N–H and O–H groups in total. The monoisotopic (exact) mass is 284 g/mol. The molecule has 0 fully saturated rings. The van der Waals surface area contributed by atoms with E-state index in [4.69, 9.17) is 4.74 Å². The summed E-state index contributed by atoms with van der Waals surface area (Å²) in [6.45, 7) is 4.94. The Hall–Kier alpha value is -1.86. The number of carbonyl (C=O) groups is 1. The quantitative estimate of drug-likeness (QED) is 0.635. The zero-order chi connectivity index (χ0) is 15.3. The van der Waals surface area contributed by atoms with Crippen molar-refractivity contribution in [3.8, 4) is 0 Å². The minimum absolute atomic E-state index is 0.177. The van der Waals surface area contributed by atoms with Gasteiger partial charge in [0.15, 0.2) is 5.43 Å². The number of hydrogen-bond acceptors (Lipinski definition) is 5. The van der Waals surface area contributed by atoms with Gasteiger partial charge < -0.3 is 25.3 Å². The Balaban J connectivity index is 2.52. The zero-order valence-corrected chi connectivity index (χ0v) is 11.7. The number of ether oxygens (including phenoxy) is 1. The van der Waals surface area contributed by atoms with Gasteiger partial charge in [-0.15, -0.1) is 0 Å². The lowest BCUT2D eigenvalue weighted by atomic mass is 10.1. The van der Waals surface area contributed by atoms with Gasteiger partial charge in [0.25, 0.3) is 0 Å². The highest BCUT2D eigenvalue weighted by molar-refractivity contribution is 5.67. The predicted molar refractivity (Wildman–Crippen MR) is 72.3 cm³/mol. The van der Waals surface area contributed by atoms with E-state index in [1.807, 2.05) is 0 Å². The number of carbonyl (C=O) groups excluding carboxylic acids is 1. The molecule has 7 heteroatoms. The van der Waals surface area contributed by atoms with E-state index in [1.165, 1.54) is 18.3 Å². The van der Waals surface area contributed by atoms with Crippen molar-refractivity contribution in [3.63, 3.8) is 0 Å². The van der Waals surface area contributed by atoms with Gasteiger partial charge in [-0.05, 0) is 20.8 Å². The van der Waals surface area contributed by atoms with E-state index in [0.717, 1.165) is 0 Å². The largest absolute Gasteiger partial charge is 0.444 e. The van der Waals surface area contributed by atoms with Crippen LogP contribution in [-0.2, 0) is 4.74 Å². The van der Waals surface area contributed by atoms with Gasteiger partial charge in [0.1, 0.15) is 17.8 Å². The van der Waals surface area contributed by atoms with Gasteiger partial charge in [0.05, 0.1) is 5.69 Å². The van der Waals surface area contributed by atoms with Crippen LogP contribution in [-0.4, -0.2) is 39.5 Å². The third-order valence-electron chi connectivity index (χ3n) is 2.33. The lowest BCUT2D eigenvalue weighted by Gasteiger charge is -2.22. The number of aliphatic hydroxyl groups is 2. The number of H-pyrrole nitrogens is 1. The molecule has 1 aromatic rings. The molecule has 0 aliphatic rings. The van der Waals surface area contributed by atoms with Crippen molar-refractivity contribution >= 4 is 6.09 Å². The second-order valence-corrected chi connectivity index (χ2v) is 5.37. The van der Waals surface area contributed by atoms with Crippen molar-refractivity contribution in [3.05, 3.63) is 34.2 Å². The summed E-state index contributed by atoms with van der Waals surface area (Å²) >= 11 is 0. The van der Waals surface area contributed by atoms with E-state index in [2.05, 4.69) is 10.3 Å². The van der Waals surface area contributed by atoms with E-state index in [0.29, 0.717) is 0 Å². The van der Waals surface area contributed by atoms with Crippen LogP contribution in [0.3, 0.4) is 0 Å². The van der Waals surface area contributed by atoms with Crippen molar-refractivity contribution in [2.45, 2.75) is 38.6 Å². The molecule has 0 aromatic carbocycles. The molecule has 7 nitrogen and oxygen atoms in total. The summed E-state index contributed by atoms with van der Waals surface area (Å²) in [5.41, 5.74) is -0.751. The maximum absolute atomic E-state index is 11.4. The Labute approximate surface area is 116 Å². The van der Waals surface area contributed by atoms with Crippen LogP contribution in [0.15, 0.2) is 23.1 Å². The molecule has 1 heterocycles. The van der Waals surface area contributed by atoms with E-state index in [1.54, 1.807) is 20.8 Å². The summed E-state index contributed by atoms with van der Waals surface area (Å²) < 4.78 is 4.99. The van der Waals surface area contributed by atoms with Crippen molar-refractivity contribution < 1.29 is 19.7 Å². The second kappa shape index (κ2) is 6.53. The highest BCUT2D eigenvalue weighted by Gasteiger charge is 2.21. The fourth-order valence-electron chi connectivity index (χ4n) is 1.45. The Morgan fingerprint density at radius 2 is 2.10 bits per heavy atom. The Kier molecular flexibility index (Phi) is 5.29. The lowest BCUT2D eigenvalue weighted by Crippen LogP contribution is -2.39. The minimum atomic E-state index is -1.31. The van der Waals surface area contributed by atoms with Crippen molar-refractivity contribution in [1.29, 1.82) is 0 Å². The molecule has 0 radical (unpaired) electrons. The number of nitrogens with one attached hydrogen (secondary N) is 2. The molecule has 1 aromatic heterocycles. The van der Waals surface area contributed by atoms with Crippen LogP contribution < -0.4 is 10.7 Å². The number of hydrogen-bond donors (Lipinski definition) is 4. The van der Waals surface area contributed by atoms with Crippen molar-refractivity contribution in [2.24, 2.45) is 0 Å². The molecule has 0 spiro atoms. The van der Waals surface area contributed by atoms with Crippen LogP contribution in [0.25, 0.3) is 0 Å². The van der Waals surface area contributed by atoms with Crippen LogP contribution in [0, 0.1) is 0 Å². The molecule has 0 aliphatic carbocycles. The summed E-state index contributed by atoms with van der Waals surface area (Å²) in [5, 5.41) is 22.0. The van der Waals surface area contributed by atoms with Gasteiger partial charge in [-0.25, -0.2) is 4.79 Å². The van der Waals surface area contributed by atoms with Gasteiger partial charge in [0, 0.05) is 24.9 Å². The molecular weight excluding hydrogens is 264 g/mol. The van der Waals surface area contributed by atoms with Crippen molar-refractivity contribution in [2.75, 3.05) is 6.54 Å². The first-order valence-electron chi connectivity index (χ1n) is 6.20. The number of aromatic nitrogens is 1. The van der Waals surface area contributed by atoms with E-state index < -0.39 is 23.9 Å². The van der Waals surface area contributed by atoms with Crippen molar-refractivity contribution in [1.82, 2.24) is 10.3 Å². The fraction of sp³-hybridized carbons (Fsp3) is 0.538. The number of amides is 1. The first-order chi connectivity index (χ1) is 9.19. The summed E-state index contributed by atoms with van der Waals surface area (Å²) in [4.78, 5) is 25.2. The maximum atomic E-state index is 11.4. The highest BCUT2D eigenvalue weighted by Crippen LogP contribution is 2.12. The fourth-order valence-corrected chi connectivity index (χ4v) is 1.45. The Morgan fingerprint density at radius 3 is 2.65 bits per heavy atom. The molecule has 0 aliphatic heterocycles. The predicted octanol–water partition coefficient (Wildman–Crippen LogP) is 0.294. The summed E-state index contributed by atoms with van der Waals surface area (Å²) in [6.07, 6.45) is -1.89. The molecule has 2 unspecified atom stereocenters. The van der Waals surface area contributed by atoms with Gasteiger partial charge in [-0.2, -0.15) is 0 Å². The Bertz CT molecular complexity index is 506. The number of pyridine rings is 1. The summed E-state index contributed by atoms with van der Waals surface area (Å²) in [5.74, 6) is 0. The molecule has 20 heavy (non-hydrogen) atoms. The normalized spacial score (nSPS) is 14.4. The SMILES string of the molecule is CC(C)(C)OC(=O)NCC(O)C(O)c1cc(=O)cc[nH]1. The van der Waals surface area contributed by atoms with Crippen LogP contribution in [0.4, 0.5) is 4.79 Å². The third-order valence-corrected chi connectivity index (χ3v) is 2.33. The minimum Gasteiger partial charge on any atom is -0.444 e. The van der Waals surface area contributed by atoms with E-state index >= 15 is 0 Å². The molecule has 0 bridgehead atoms. The molecule has 0 saturated heterocycles. The number of alkyl carbamates (subject to hydrolysis) is 1. The summed E-state index contributed by atoms with van der Waals surface area (Å²) in [6, 6.07) is 2.48. The molecule has 1 amide bonds. The number of aliphatic hydroxyl groups excluding tert-OH is 2. The van der Waals surface area contributed by atoms with Crippen LogP contribution in [0.2, 0.25) is 0 Å². The molecule has 2 atom stereocenters. The zero-order valence-electron chi connectivity index (χ0n) is 11.7. The molecule has 0 saturated carbocycles. The standard InChI is InChI=1S/C13H20N2O5/c1-13(2,3)20-12(19)15-7-10(17)11(18)9-6-8(16)4-5-14-9/h4-6,10-11,17-18H,7H2,1-3H3,(H,14,16)(H,15,19). The van der Waals surface area contributed by atoms with Crippen LogP contribution in [0.1, 0.15) is 32.6 Å². The lowest BCUT2D eigenvalue weighted by molar-refractivity contribution is 0.0108. The topological polar surface area (TPSA) is 112 Å². The third kappa shape index (κ3) is 5.41. The van der Waals surface area contributed by atoms with E-state index in [-0.39, 0.29) is 17.7 Å². The average molecular weight is 284 g/mol. The average Bonchev–Trinajstić information content (AvgIpc) is 2.33. The first-order valence-corrected chi connectivity index (χ1v) is 6.20. The van der Waals surface area contributed by atoms with Gasteiger partial charge >= 0.3 is 6.09 Å². The molecular formula is C13H20N2O5. The molecule has 112 valence electrons. The van der Waals surface area contributed by atoms with E-state index in [9.17, 15) is 19.8 Å². The van der Waals surface area contributed by atoms with Gasteiger partial charge in [-0.3, -0.25) is 4.79 Å². The second-order valence-electron chi connectivity index (χ2n) is 5.37. The smallest absolute Gasteiger partial charge is 0.407 e.